The van der Waals surface area contributed by atoms with Crippen LogP contribution < -0.4 is 10.1 Å². The second-order valence-electron chi connectivity index (χ2n) is 8.85. The topological polar surface area (TPSA) is 65.1 Å². The lowest BCUT2D eigenvalue weighted by atomic mass is 10.0. The van der Waals surface area contributed by atoms with Gasteiger partial charge in [0.15, 0.2) is 0 Å². The van der Waals surface area contributed by atoms with E-state index in [9.17, 15) is 9.59 Å². The summed E-state index contributed by atoms with van der Waals surface area (Å²) < 4.78 is 6.06. The minimum atomic E-state index is -0.653. The maximum absolute atomic E-state index is 13.9. The Morgan fingerprint density at radius 3 is 2.41 bits per heavy atom. The molecule has 2 aromatic rings. The molecule has 1 heterocycles. The number of ether oxygens (including phenoxy) is 1. The summed E-state index contributed by atoms with van der Waals surface area (Å²) in [6.45, 7) is 1.75. The van der Waals surface area contributed by atoms with Crippen LogP contribution in [0.25, 0.3) is 0 Å². The van der Waals surface area contributed by atoms with Gasteiger partial charge in [-0.2, -0.15) is 0 Å². The quantitative estimate of drug-likeness (QED) is 0.679. The molecule has 7 heteroatoms. The van der Waals surface area contributed by atoms with Gasteiger partial charge in [-0.1, -0.05) is 48.5 Å². The number of benzene rings is 2. The number of fused-ring (bicyclic) bond motifs is 1. The van der Waals surface area contributed by atoms with Crippen molar-refractivity contribution in [2.75, 3.05) is 47.9 Å². The fourth-order valence-corrected chi connectivity index (χ4v) is 3.97. The Bertz CT molecular complexity index is 901. The van der Waals surface area contributed by atoms with Crippen LogP contribution in [-0.2, 0) is 22.6 Å². The first-order chi connectivity index (χ1) is 15.3. The highest BCUT2D eigenvalue weighted by atomic mass is 16.5. The Balaban J connectivity index is 1.89. The maximum Gasteiger partial charge on any atom is 0.246 e. The second-order valence-corrected chi connectivity index (χ2v) is 8.85. The number of carbonyl (C=O) groups is 2. The molecule has 1 aliphatic heterocycles. The molecule has 0 aromatic heterocycles. The SMILES string of the molecule is CN(C)CC(=O)N[C@@H](Cc1ccccc1)C(=O)N1Cc2ccccc2OC[C@@H]1CN(C)C. The molecule has 0 saturated heterocycles. The van der Waals surface area contributed by atoms with Crippen molar-refractivity contribution in [3.8, 4) is 5.75 Å². The number of nitrogens with one attached hydrogen (secondary N) is 1. The summed E-state index contributed by atoms with van der Waals surface area (Å²) in [6.07, 6.45) is 0.437. The molecule has 2 aromatic carbocycles. The van der Waals surface area contributed by atoms with Crippen LogP contribution in [0.5, 0.6) is 5.75 Å². The van der Waals surface area contributed by atoms with Crippen LogP contribution in [0.2, 0.25) is 0 Å². The average Bonchev–Trinajstić information content (AvgIpc) is 2.92. The molecular weight excluding hydrogens is 404 g/mol. The van der Waals surface area contributed by atoms with E-state index >= 15 is 0 Å². The van der Waals surface area contributed by atoms with Gasteiger partial charge in [-0.05, 0) is 39.8 Å². The molecule has 0 fully saturated rings. The molecule has 1 aliphatic rings. The summed E-state index contributed by atoms with van der Waals surface area (Å²) in [5.41, 5.74) is 1.98. The van der Waals surface area contributed by atoms with Gasteiger partial charge < -0.3 is 24.8 Å². The van der Waals surface area contributed by atoms with Crippen molar-refractivity contribution in [3.05, 3.63) is 65.7 Å². The first-order valence-corrected chi connectivity index (χ1v) is 11.0. The van der Waals surface area contributed by atoms with Gasteiger partial charge in [-0.25, -0.2) is 0 Å². The highest BCUT2D eigenvalue weighted by molar-refractivity contribution is 5.89. The molecule has 0 aliphatic carbocycles. The Morgan fingerprint density at radius 2 is 1.72 bits per heavy atom. The fourth-order valence-electron chi connectivity index (χ4n) is 3.97. The summed E-state index contributed by atoms with van der Waals surface area (Å²) in [6, 6.07) is 16.9. The molecule has 32 heavy (non-hydrogen) atoms. The number of carbonyl (C=O) groups excluding carboxylic acids is 2. The monoisotopic (exact) mass is 438 g/mol. The lowest BCUT2D eigenvalue weighted by Crippen LogP contribution is -2.56. The molecule has 0 unspecified atom stereocenters. The predicted octanol–water partition coefficient (Wildman–Crippen LogP) is 1.63. The Hall–Kier alpha value is -2.90. The van der Waals surface area contributed by atoms with Crippen LogP contribution >= 0.6 is 0 Å². The Morgan fingerprint density at radius 1 is 1.03 bits per heavy atom. The van der Waals surface area contributed by atoms with Gasteiger partial charge in [-0.15, -0.1) is 0 Å². The zero-order valence-electron chi connectivity index (χ0n) is 19.5. The van der Waals surface area contributed by atoms with Gasteiger partial charge in [0.25, 0.3) is 0 Å². The maximum atomic E-state index is 13.9. The van der Waals surface area contributed by atoms with Crippen molar-refractivity contribution in [1.82, 2.24) is 20.0 Å². The third-order valence-electron chi connectivity index (χ3n) is 5.42. The molecule has 0 spiro atoms. The largest absolute Gasteiger partial charge is 0.491 e. The molecule has 7 nitrogen and oxygen atoms in total. The zero-order valence-corrected chi connectivity index (χ0v) is 19.5. The molecule has 0 bridgehead atoms. The number of hydrogen-bond donors (Lipinski definition) is 1. The van der Waals surface area contributed by atoms with Crippen molar-refractivity contribution >= 4 is 11.8 Å². The van der Waals surface area contributed by atoms with Crippen LogP contribution in [0.15, 0.2) is 54.6 Å². The van der Waals surface area contributed by atoms with E-state index in [4.69, 9.17) is 4.74 Å². The van der Waals surface area contributed by atoms with Gasteiger partial charge in [0, 0.05) is 25.1 Å². The van der Waals surface area contributed by atoms with E-state index in [0.717, 1.165) is 16.9 Å². The highest BCUT2D eigenvalue weighted by Gasteiger charge is 2.34. The van der Waals surface area contributed by atoms with Gasteiger partial charge in [-0.3, -0.25) is 9.59 Å². The lowest BCUT2D eigenvalue weighted by molar-refractivity contribution is -0.139. The summed E-state index contributed by atoms with van der Waals surface area (Å²) in [7, 11) is 7.65. The minimum absolute atomic E-state index is 0.0897. The third kappa shape index (κ3) is 6.55. The first kappa shape index (κ1) is 23.8. The van der Waals surface area contributed by atoms with E-state index < -0.39 is 6.04 Å². The molecule has 2 atom stereocenters. The number of rotatable bonds is 8. The van der Waals surface area contributed by atoms with E-state index in [-0.39, 0.29) is 24.4 Å². The summed E-state index contributed by atoms with van der Waals surface area (Å²) in [4.78, 5) is 32.2. The summed E-state index contributed by atoms with van der Waals surface area (Å²) in [5, 5.41) is 2.99. The predicted molar refractivity (Wildman–Crippen MR) is 125 cm³/mol. The number of nitrogens with zero attached hydrogens (tertiary/aromatic N) is 3. The Kier molecular flexibility index (Phi) is 8.25. The summed E-state index contributed by atoms with van der Waals surface area (Å²) >= 11 is 0. The van der Waals surface area contributed by atoms with Crippen molar-refractivity contribution in [2.45, 2.75) is 25.0 Å². The third-order valence-corrected chi connectivity index (χ3v) is 5.42. The molecule has 172 valence electrons. The number of likely N-dealkylation sites (N-methyl/N-ethyl adjacent to an activating group) is 2. The molecule has 0 radical (unpaired) electrons. The van der Waals surface area contributed by atoms with Crippen molar-refractivity contribution in [3.63, 3.8) is 0 Å². The van der Waals surface area contributed by atoms with Crippen molar-refractivity contribution < 1.29 is 14.3 Å². The number of amides is 2. The smallest absolute Gasteiger partial charge is 0.246 e. The first-order valence-electron chi connectivity index (χ1n) is 11.0. The van der Waals surface area contributed by atoms with Crippen LogP contribution in [-0.4, -0.2) is 86.5 Å². The zero-order chi connectivity index (χ0) is 23.1. The average molecular weight is 439 g/mol. The van der Waals surface area contributed by atoms with E-state index in [1.165, 1.54) is 0 Å². The van der Waals surface area contributed by atoms with Crippen molar-refractivity contribution in [1.29, 1.82) is 0 Å². The van der Waals surface area contributed by atoms with E-state index in [1.807, 2.05) is 87.7 Å². The van der Waals surface area contributed by atoms with Crippen LogP contribution in [0.1, 0.15) is 11.1 Å². The second kappa shape index (κ2) is 11.1. The number of hydrogen-bond acceptors (Lipinski definition) is 5. The molecule has 1 N–H and O–H groups in total. The van der Waals surface area contributed by atoms with Gasteiger partial charge in [0.2, 0.25) is 11.8 Å². The lowest BCUT2D eigenvalue weighted by Gasteiger charge is -2.34. The van der Waals surface area contributed by atoms with Gasteiger partial charge >= 0.3 is 0 Å². The van der Waals surface area contributed by atoms with Crippen LogP contribution in [0.3, 0.4) is 0 Å². The van der Waals surface area contributed by atoms with Crippen LogP contribution in [0, 0.1) is 0 Å². The van der Waals surface area contributed by atoms with E-state index in [1.54, 1.807) is 4.90 Å². The van der Waals surface area contributed by atoms with Crippen LogP contribution in [0.4, 0.5) is 0 Å². The molecular formula is C25H34N4O3. The molecule has 2 amide bonds. The highest BCUT2D eigenvalue weighted by Crippen LogP contribution is 2.26. The normalized spacial score (nSPS) is 16.8. The standard InChI is InChI=1S/C25H34N4O3/c1-27(2)16-21-18-32-23-13-9-8-12-20(23)15-29(21)25(31)22(26-24(30)17-28(3)4)14-19-10-6-5-7-11-19/h5-13,21-22H,14-18H2,1-4H3,(H,26,30)/t21-,22-/m0/s1. The van der Waals surface area contributed by atoms with Gasteiger partial charge in [0.05, 0.1) is 12.6 Å². The fraction of sp³-hybridized carbons (Fsp3) is 0.440. The number of para-hydroxylation sites is 1. The van der Waals surface area contributed by atoms with Crippen molar-refractivity contribution in [2.24, 2.45) is 0 Å². The van der Waals surface area contributed by atoms with E-state index in [2.05, 4.69) is 10.2 Å². The van der Waals surface area contributed by atoms with E-state index in [0.29, 0.717) is 26.1 Å². The van der Waals surface area contributed by atoms with Gasteiger partial charge in [0.1, 0.15) is 18.4 Å². The Labute approximate surface area is 190 Å². The molecule has 3 rings (SSSR count). The summed E-state index contributed by atoms with van der Waals surface area (Å²) in [5.74, 6) is 0.552. The molecule has 0 saturated carbocycles. The minimum Gasteiger partial charge on any atom is -0.491 e.